The molecule has 1 aliphatic rings. The Labute approximate surface area is 159 Å². The number of nitrogens with one attached hydrogen (secondary N) is 2. The molecule has 8 heteroatoms. The van der Waals surface area contributed by atoms with E-state index < -0.39 is 17.4 Å². The zero-order valence-electron chi connectivity index (χ0n) is 14.7. The lowest BCUT2D eigenvalue weighted by Gasteiger charge is -2.14. The average molecular weight is 376 g/mol. The summed E-state index contributed by atoms with van der Waals surface area (Å²) in [4.78, 5) is 39.9. The highest BCUT2D eigenvalue weighted by Gasteiger charge is 2.26. The van der Waals surface area contributed by atoms with Crippen molar-refractivity contribution in [3.63, 3.8) is 0 Å². The van der Waals surface area contributed by atoms with E-state index in [9.17, 15) is 14.4 Å². The number of benzene rings is 1. The zero-order chi connectivity index (χ0) is 19.7. The van der Waals surface area contributed by atoms with Gasteiger partial charge >= 0.3 is 5.97 Å². The van der Waals surface area contributed by atoms with Gasteiger partial charge in [0.25, 0.3) is 11.5 Å². The van der Waals surface area contributed by atoms with E-state index in [2.05, 4.69) is 20.5 Å². The van der Waals surface area contributed by atoms with E-state index in [1.807, 2.05) is 0 Å². The Hall–Kier alpha value is -3.81. The molecule has 1 aromatic carbocycles. The molecule has 0 fully saturated rings. The lowest BCUT2D eigenvalue weighted by atomic mass is 10.0. The number of carbonyl (C=O) groups is 2. The molecule has 1 amide bonds. The van der Waals surface area contributed by atoms with Crippen molar-refractivity contribution in [3.05, 3.63) is 81.4 Å². The number of hydrogen-bond acceptors (Lipinski definition) is 5. The number of nitrogens with zero attached hydrogens (tertiary/aromatic N) is 2. The molecule has 0 spiro atoms. The minimum atomic E-state index is -0.984. The van der Waals surface area contributed by atoms with Gasteiger partial charge in [0.05, 0.1) is 17.3 Å². The highest BCUT2D eigenvalue weighted by molar-refractivity contribution is 5.95. The van der Waals surface area contributed by atoms with E-state index in [-0.39, 0.29) is 17.2 Å². The van der Waals surface area contributed by atoms with Crippen LogP contribution in [0.1, 0.15) is 44.3 Å². The largest absolute Gasteiger partial charge is 0.478 e. The van der Waals surface area contributed by atoms with Gasteiger partial charge in [-0.3, -0.25) is 14.6 Å². The standard InChI is InChI=1S/C20H16N4O4/c25-18(15-10-17(23-24-19(15)26)11-5-7-21-8-6-11)22-16-4-2-12-9-13(20(27)28)1-3-14(12)16/h1,3,5-10,16H,2,4H2,(H,22,25)(H,24,26)(H,27,28). The number of rotatable bonds is 4. The average Bonchev–Trinajstić information content (AvgIpc) is 3.11. The molecule has 0 bridgehead atoms. The quantitative estimate of drug-likeness (QED) is 0.639. The second kappa shape index (κ2) is 7.07. The number of fused-ring (bicyclic) bond motifs is 1. The molecule has 8 nitrogen and oxygen atoms in total. The number of pyridine rings is 1. The van der Waals surface area contributed by atoms with Gasteiger partial charge in [-0.2, -0.15) is 5.10 Å². The molecule has 0 aliphatic heterocycles. The molecular formula is C20H16N4O4. The second-order valence-electron chi connectivity index (χ2n) is 6.52. The molecule has 1 unspecified atom stereocenters. The van der Waals surface area contributed by atoms with Crippen LogP contribution in [0.3, 0.4) is 0 Å². The Morgan fingerprint density at radius 1 is 1.14 bits per heavy atom. The third kappa shape index (κ3) is 3.27. The number of carboxylic acids is 1. The summed E-state index contributed by atoms with van der Waals surface area (Å²) in [6, 6.07) is 9.51. The Morgan fingerprint density at radius 2 is 1.93 bits per heavy atom. The number of carbonyl (C=O) groups excluding carboxylic acids is 1. The number of aryl methyl sites for hydroxylation is 1. The lowest BCUT2D eigenvalue weighted by Crippen LogP contribution is -2.32. The second-order valence-corrected chi connectivity index (χ2v) is 6.52. The molecule has 140 valence electrons. The molecule has 0 saturated carbocycles. The van der Waals surface area contributed by atoms with Crippen LogP contribution in [0, 0.1) is 0 Å². The summed E-state index contributed by atoms with van der Waals surface area (Å²) in [7, 11) is 0. The van der Waals surface area contributed by atoms with Crippen molar-refractivity contribution in [1.82, 2.24) is 20.5 Å². The summed E-state index contributed by atoms with van der Waals surface area (Å²) >= 11 is 0. The first kappa shape index (κ1) is 17.6. The van der Waals surface area contributed by atoms with Gasteiger partial charge in [-0.05, 0) is 54.3 Å². The highest BCUT2D eigenvalue weighted by Crippen LogP contribution is 2.32. The van der Waals surface area contributed by atoms with Gasteiger partial charge in [0, 0.05) is 18.0 Å². The molecule has 3 aromatic rings. The van der Waals surface area contributed by atoms with Crippen LogP contribution in [0.5, 0.6) is 0 Å². The number of amides is 1. The van der Waals surface area contributed by atoms with Gasteiger partial charge in [0.15, 0.2) is 0 Å². The smallest absolute Gasteiger partial charge is 0.335 e. The molecule has 3 N–H and O–H groups in total. The Balaban J connectivity index is 1.59. The number of aromatic nitrogens is 3. The predicted octanol–water partition coefficient (Wildman–Crippen LogP) is 1.95. The van der Waals surface area contributed by atoms with Crippen molar-refractivity contribution in [2.24, 2.45) is 0 Å². The van der Waals surface area contributed by atoms with Crippen molar-refractivity contribution >= 4 is 11.9 Å². The SMILES string of the molecule is O=C(O)c1ccc2c(c1)CCC2NC(=O)c1cc(-c2ccncc2)n[nH]c1=O. The van der Waals surface area contributed by atoms with E-state index in [4.69, 9.17) is 5.11 Å². The molecule has 0 saturated heterocycles. The summed E-state index contributed by atoms with van der Waals surface area (Å²) in [6.45, 7) is 0. The molecule has 2 heterocycles. The van der Waals surface area contributed by atoms with Crippen LogP contribution in [0.15, 0.2) is 53.6 Å². The summed E-state index contributed by atoms with van der Waals surface area (Å²) in [5.41, 5.74) is 2.58. The van der Waals surface area contributed by atoms with Gasteiger partial charge in [0.2, 0.25) is 0 Å². The van der Waals surface area contributed by atoms with Gasteiger partial charge < -0.3 is 10.4 Å². The fraction of sp³-hybridized carbons (Fsp3) is 0.150. The highest BCUT2D eigenvalue weighted by atomic mass is 16.4. The van der Waals surface area contributed by atoms with Crippen LogP contribution >= 0.6 is 0 Å². The molecule has 1 aliphatic carbocycles. The number of aromatic amines is 1. The predicted molar refractivity (Wildman–Crippen MR) is 100 cm³/mol. The Morgan fingerprint density at radius 3 is 2.68 bits per heavy atom. The summed E-state index contributed by atoms with van der Waals surface area (Å²) in [5, 5.41) is 18.3. The van der Waals surface area contributed by atoms with Crippen LogP contribution in [-0.4, -0.2) is 32.2 Å². The first-order chi connectivity index (χ1) is 13.5. The van der Waals surface area contributed by atoms with Crippen LogP contribution in [0.25, 0.3) is 11.3 Å². The third-order valence-electron chi connectivity index (χ3n) is 4.80. The Kier molecular flexibility index (Phi) is 4.44. The van der Waals surface area contributed by atoms with Gasteiger partial charge in [-0.25, -0.2) is 9.89 Å². The molecule has 1 atom stereocenters. The fourth-order valence-corrected chi connectivity index (χ4v) is 3.38. The molecule has 4 rings (SSSR count). The maximum atomic E-state index is 12.7. The summed E-state index contributed by atoms with van der Waals surface area (Å²) in [5.74, 6) is -1.48. The zero-order valence-corrected chi connectivity index (χ0v) is 14.7. The van der Waals surface area contributed by atoms with E-state index >= 15 is 0 Å². The Bertz CT molecular complexity index is 1120. The molecular weight excluding hydrogens is 360 g/mol. The number of H-pyrrole nitrogens is 1. The van der Waals surface area contributed by atoms with Crippen molar-refractivity contribution in [2.75, 3.05) is 0 Å². The molecule has 2 aromatic heterocycles. The minimum absolute atomic E-state index is 0.0302. The van der Waals surface area contributed by atoms with Crippen molar-refractivity contribution in [3.8, 4) is 11.3 Å². The molecule has 28 heavy (non-hydrogen) atoms. The monoisotopic (exact) mass is 376 g/mol. The van der Waals surface area contributed by atoms with Crippen molar-refractivity contribution in [2.45, 2.75) is 18.9 Å². The first-order valence-corrected chi connectivity index (χ1v) is 8.70. The third-order valence-corrected chi connectivity index (χ3v) is 4.80. The summed E-state index contributed by atoms with van der Waals surface area (Å²) in [6.07, 6.45) is 4.51. The first-order valence-electron chi connectivity index (χ1n) is 8.70. The van der Waals surface area contributed by atoms with Gasteiger partial charge in [0.1, 0.15) is 5.56 Å². The van der Waals surface area contributed by atoms with Crippen LogP contribution in [-0.2, 0) is 6.42 Å². The minimum Gasteiger partial charge on any atom is -0.478 e. The summed E-state index contributed by atoms with van der Waals surface area (Å²) < 4.78 is 0. The van der Waals surface area contributed by atoms with Gasteiger partial charge in [-0.1, -0.05) is 6.07 Å². The lowest BCUT2D eigenvalue weighted by molar-refractivity contribution is 0.0696. The molecule has 0 radical (unpaired) electrons. The number of aromatic carboxylic acids is 1. The van der Waals surface area contributed by atoms with Crippen molar-refractivity contribution < 1.29 is 14.7 Å². The van der Waals surface area contributed by atoms with E-state index in [1.165, 1.54) is 12.1 Å². The van der Waals surface area contributed by atoms with E-state index in [0.29, 0.717) is 18.5 Å². The maximum Gasteiger partial charge on any atom is 0.335 e. The maximum absolute atomic E-state index is 12.7. The van der Waals surface area contributed by atoms with Crippen LogP contribution in [0.2, 0.25) is 0 Å². The fourth-order valence-electron chi connectivity index (χ4n) is 3.38. The van der Waals surface area contributed by atoms with Gasteiger partial charge in [-0.15, -0.1) is 0 Å². The van der Waals surface area contributed by atoms with E-state index in [0.717, 1.165) is 16.7 Å². The van der Waals surface area contributed by atoms with Crippen molar-refractivity contribution in [1.29, 1.82) is 0 Å². The van der Waals surface area contributed by atoms with Crippen LogP contribution < -0.4 is 10.9 Å². The van der Waals surface area contributed by atoms with E-state index in [1.54, 1.807) is 36.7 Å². The topological polar surface area (TPSA) is 125 Å². The number of carboxylic acid groups (broad SMARTS) is 1. The number of hydrogen-bond donors (Lipinski definition) is 3. The van der Waals surface area contributed by atoms with Crippen LogP contribution in [0.4, 0.5) is 0 Å². The normalized spacial score (nSPS) is 15.1.